The summed E-state index contributed by atoms with van der Waals surface area (Å²) in [4.78, 5) is 19.9. The standard InChI is InChI=1S/C21H30N4O/c1-14-13-20-22-15(2)18(16(3)25(20)23-14)10-11-21(26)24-12-6-8-17-7-4-5-9-19(17)24/h13,17,19H,4-12H2,1-3H3/t17-,19-/m1/s1. The second kappa shape index (κ2) is 7.01. The van der Waals surface area contributed by atoms with E-state index in [1.807, 2.05) is 24.4 Å². The Kier molecular flexibility index (Phi) is 4.72. The zero-order valence-corrected chi connectivity index (χ0v) is 16.3. The van der Waals surface area contributed by atoms with E-state index in [1.165, 1.54) is 44.1 Å². The quantitative estimate of drug-likeness (QED) is 0.843. The van der Waals surface area contributed by atoms with Crippen LogP contribution in [0.3, 0.4) is 0 Å². The number of fused-ring (bicyclic) bond motifs is 2. The van der Waals surface area contributed by atoms with Crippen molar-refractivity contribution in [1.82, 2.24) is 19.5 Å². The number of carbonyl (C=O) groups excluding carboxylic acids is 1. The monoisotopic (exact) mass is 354 g/mol. The van der Waals surface area contributed by atoms with Crippen LogP contribution in [0.15, 0.2) is 6.07 Å². The van der Waals surface area contributed by atoms with Crippen molar-refractivity contribution in [1.29, 1.82) is 0 Å². The van der Waals surface area contributed by atoms with Gasteiger partial charge in [-0.3, -0.25) is 4.79 Å². The molecule has 0 spiro atoms. The molecule has 0 N–H and O–H groups in total. The molecule has 1 aliphatic carbocycles. The van der Waals surface area contributed by atoms with Crippen LogP contribution < -0.4 is 0 Å². The first-order chi connectivity index (χ1) is 12.5. The van der Waals surface area contributed by atoms with Gasteiger partial charge in [0.2, 0.25) is 5.91 Å². The molecule has 0 aromatic carbocycles. The molecule has 0 unspecified atom stereocenters. The molecule has 26 heavy (non-hydrogen) atoms. The molecule has 0 radical (unpaired) electrons. The predicted octanol–water partition coefficient (Wildman–Crippen LogP) is 3.77. The Balaban J connectivity index is 1.50. The molecule has 1 saturated heterocycles. The van der Waals surface area contributed by atoms with Crippen molar-refractivity contribution in [2.75, 3.05) is 6.54 Å². The fourth-order valence-electron chi connectivity index (χ4n) is 5.11. The first-order valence-electron chi connectivity index (χ1n) is 10.2. The van der Waals surface area contributed by atoms with Gasteiger partial charge in [-0.25, -0.2) is 9.50 Å². The van der Waals surface area contributed by atoms with E-state index in [1.54, 1.807) is 0 Å². The zero-order valence-electron chi connectivity index (χ0n) is 16.3. The summed E-state index contributed by atoms with van der Waals surface area (Å²) in [5.41, 5.74) is 5.18. The number of aryl methyl sites for hydroxylation is 3. The zero-order chi connectivity index (χ0) is 18.3. The molecule has 1 saturated carbocycles. The van der Waals surface area contributed by atoms with E-state index in [0.717, 1.165) is 41.6 Å². The summed E-state index contributed by atoms with van der Waals surface area (Å²) in [5, 5.41) is 4.54. The number of likely N-dealkylation sites (tertiary alicyclic amines) is 1. The van der Waals surface area contributed by atoms with Crippen molar-refractivity contribution in [3.05, 3.63) is 28.7 Å². The van der Waals surface area contributed by atoms with Gasteiger partial charge in [0.25, 0.3) is 0 Å². The van der Waals surface area contributed by atoms with Gasteiger partial charge in [-0.15, -0.1) is 0 Å². The van der Waals surface area contributed by atoms with Crippen molar-refractivity contribution in [2.45, 2.75) is 78.2 Å². The lowest BCUT2D eigenvalue weighted by Crippen LogP contribution is -2.49. The lowest BCUT2D eigenvalue weighted by atomic mass is 9.78. The van der Waals surface area contributed by atoms with Crippen LogP contribution in [0.25, 0.3) is 5.65 Å². The summed E-state index contributed by atoms with van der Waals surface area (Å²) >= 11 is 0. The lowest BCUT2D eigenvalue weighted by Gasteiger charge is -2.44. The number of amides is 1. The van der Waals surface area contributed by atoms with Gasteiger partial charge in [0, 0.05) is 36.5 Å². The molecule has 5 heteroatoms. The minimum Gasteiger partial charge on any atom is -0.339 e. The van der Waals surface area contributed by atoms with Crippen molar-refractivity contribution in [3.8, 4) is 0 Å². The number of aromatic nitrogens is 3. The molecule has 2 atom stereocenters. The smallest absolute Gasteiger partial charge is 0.223 e. The van der Waals surface area contributed by atoms with Gasteiger partial charge in [-0.1, -0.05) is 12.8 Å². The van der Waals surface area contributed by atoms with Gasteiger partial charge in [0.05, 0.1) is 5.69 Å². The molecule has 4 rings (SSSR count). The molecule has 2 aromatic heterocycles. The number of carbonyl (C=O) groups is 1. The summed E-state index contributed by atoms with van der Waals surface area (Å²) in [5.74, 6) is 1.08. The Bertz CT molecular complexity index is 823. The number of piperidine rings is 1. The highest BCUT2D eigenvalue weighted by Gasteiger charge is 2.35. The Morgan fingerprint density at radius 1 is 1.15 bits per heavy atom. The van der Waals surface area contributed by atoms with E-state index in [9.17, 15) is 4.79 Å². The van der Waals surface area contributed by atoms with Gasteiger partial charge in [-0.2, -0.15) is 5.10 Å². The molecule has 5 nitrogen and oxygen atoms in total. The average molecular weight is 354 g/mol. The van der Waals surface area contributed by atoms with Crippen LogP contribution in [-0.4, -0.2) is 38.0 Å². The van der Waals surface area contributed by atoms with Crippen LogP contribution in [0.4, 0.5) is 0 Å². The predicted molar refractivity (Wildman–Crippen MR) is 102 cm³/mol. The molecule has 2 aliphatic rings. The van der Waals surface area contributed by atoms with E-state index in [0.29, 0.717) is 18.4 Å². The number of nitrogens with zero attached hydrogens (tertiary/aromatic N) is 4. The lowest BCUT2D eigenvalue weighted by molar-refractivity contribution is -0.137. The largest absolute Gasteiger partial charge is 0.339 e. The first kappa shape index (κ1) is 17.5. The van der Waals surface area contributed by atoms with Gasteiger partial charge in [-0.05, 0) is 64.4 Å². The summed E-state index contributed by atoms with van der Waals surface area (Å²) < 4.78 is 1.92. The average Bonchev–Trinajstić information content (AvgIpc) is 3.01. The highest BCUT2D eigenvalue weighted by Crippen LogP contribution is 2.35. The third-order valence-corrected chi connectivity index (χ3v) is 6.44. The van der Waals surface area contributed by atoms with E-state index >= 15 is 0 Å². The van der Waals surface area contributed by atoms with Crippen LogP contribution >= 0.6 is 0 Å². The maximum Gasteiger partial charge on any atom is 0.223 e. The van der Waals surface area contributed by atoms with E-state index in [4.69, 9.17) is 0 Å². The van der Waals surface area contributed by atoms with Gasteiger partial charge in [0.15, 0.2) is 5.65 Å². The Labute approximate surface area is 155 Å². The minimum atomic E-state index is 0.331. The summed E-state index contributed by atoms with van der Waals surface area (Å²) in [6.45, 7) is 7.08. The number of hydrogen-bond acceptors (Lipinski definition) is 3. The SMILES string of the molecule is Cc1cc2nc(C)c(CCC(=O)N3CCC[C@H]4CCCC[C@H]43)c(C)n2n1. The van der Waals surface area contributed by atoms with Crippen molar-refractivity contribution >= 4 is 11.6 Å². The van der Waals surface area contributed by atoms with Gasteiger partial charge >= 0.3 is 0 Å². The summed E-state index contributed by atoms with van der Waals surface area (Å²) in [7, 11) is 0. The van der Waals surface area contributed by atoms with E-state index in [-0.39, 0.29) is 0 Å². The molecule has 140 valence electrons. The summed E-state index contributed by atoms with van der Waals surface area (Å²) in [6, 6.07) is 2.51. The van der Waals surface area contributed by atoms with Crippen molar-refractivity contribution < 1.29 is 4.79 Å². The summed E-state index contributed by atoms with van der Waals surface area (Å²) in [6.07, 6.45) is 8.96. The second-order valence-corrected chi connectivity index (χ2v) is 8.16. The Hall–Kier alpha value is -1.91. The fraction of sp³-hybridized carbons (Fsp3) is 0.667. The molecular formula is C21H30N4O. The van der Waals surface area contributed by atoms with Crippen LogP contribution in [0, 0.1) is 26.7 Å². The highest BCUT2D eigenvalue weighted by atomic mass is 16.2. The topological polar surface area (TPSA) is 50.5 Å². The molecule has 0 bridgehead atoms. The van der Waals surface area contributed by atoms with Gasteiger partial charge in [0.1, 0.15) is 0 Å². The molecule has 3 heterocycles. The first-order valence-corrected chi connectivity index (χ1v) is 10.2. The maximum atomic E-state index is 13.0. The van der Waals surface area contributed by atoms with E-state index in [2.05, 4.69) is 21.9 Å². The van der Waals surface area contributed by atoms with Crippen LogP contribution in [-0.2, 0) is 11.2 Å². The third-order valence-electron chi connectivity index (χ3n) is 6.44. The number of rotatable bonds is 3. The molecule has 1 amide bonds. The van der Waals surface area contributed by atoms with Crippen LogP contribution in [0.2, 0.25) is 0 Å². The maximum absolute atomic E-state index is 13.0. The van der Waals surface area contributed by atoms with Crippen molar-refractivity contribution in [2.24, 2.45) is 5.92 Å². The third kappa shape index (κ3) is 3.12. The normalized spacial score (nSPS) is 23.3. The fourth-order valence-corrected chi connectivity index (χ4v) is 5.11. The highest BCUT2D eigenvalue weighted by molar-refractivity contribution is 5.77. The van der Waals surface area contributed by atoms with Crippen LogP contribution in [0.5, 0.6) is 0 Å². The van der Waals surface area contributed by atoms with Crippen LogP contribution in [0.1, 0.15) is 67.6 Å². The molecule has 2 aromatic rings. The van der Waals surface area contributed by atoms with Gasteiger partial charge < -0.3 is 4.90 Å². The number of hydrogen-bond donors (Lipinski definition) is 0. The second-order valence-electron chi connectivity index (χ2n) is 8.16. The molecule has 1 aliphatic heterocycles. The van der Waals surface area contributed by atoms with Crippen molar-refractivity contribution in [3.63, 3.8) is 0 Å². The molecular weight excluding hydrogens is 324 g/mol. The Morgan fingerprint density at radius 2 is 1.92 bits per heavy atom. The minimum absolute atomic E-state index is 0.331. The van der Waals surface area contributed by atoms with E-state index < -0.39 is 0 Å². The molecule has 2 fully saturated rings. The Morgan fingerprint density at radius 3 is 2.77 bits per heavy atom.